The highest BCUT2D eigenvalue weighted by molar-refractivity contribution is 6.32. The Labute approximate surface area is 106 Å². The van der Waals surface area contributed by atoms with Crippen LogP contribution in [-0.4, -0.2) is 29.1 Å². The van der Waals surface area contributed by atoms with Gasteiger partial charge in [0.15, 0.2) is 5.82 Å². The van der Waals surface area contributed by atoms with Gasteiger partial charge in [-0.3, -0.25) is 4.79 Å². The Bertz CT molecular complexity index is 403. The molecule has 96 valence electrons. The Morgan fingerprint density at radius 2 is 2.18 bits per heavy atom. The molecule has 0 atom stereocenters. The normalized spacial score (nSPS) is 10.9. The van der Waals surface area contributed by atoms with Crippen LogP contribution in [0.2, 0.25) is 5.02 Å². The predicted molar refractivity (Wildman–Crippen MR) is 70.6 cm³/mol. The molecule has 1 aromatic rings. The molecule has 1 aromatic heterocycles. The first-order valence-corrected chi connectivity index (χ1v) is 6.23. The standard InChI is InChI=1S/C11H19ClN4O/c1-3-8(4-2)16(6-5-13)10-9(12)11(17)15-7-14-10/h7-8H,3-6,13H2,1-2H3,(H,14,15,17). The van der Waals surface area contributed by atoms with E-state index in [9.17, 15) is 4.79 Å². The van der Waals surface area contributed by atoms with Crippen LogP contribution in [0.15, 0.2) is 11.1 Å². The molecule has 0 unspecified atom stereocenters. The van der Waals surface area contributed by atoms with E-state index in [2.05, 4.69) is 23.8 Å². The van der Waals surface area contributed by atoms with Crippen molar-refractivity contribution in [3.63, 3.8) is 0 Å². The monoisotopic (exact) mass is 258 g/mol. The van der Waals surface area contributed by atoms with E-state index < -0.39 is 0 Å². The average molecular weight is 259 g/mol. The Morgan fingerprint density at radius 1 is 1.53 bits per heavy atom. The fourth-order valence-electron chi connectivity index (χ4n) is 1.90. The van der Waals surface area contributed by atoms with Crippen molar-refractivity contribution in [2.24, 2.45) is 5.73 Å². The van der Waals surface area contributed by atoms with Gasteiger partial charge < -0.3 is 15.6 Å². The number of hydrogen-bond donors (Lipinski definition) is 2. The van der Waals surface area contributed by atoms with Crippen molar-refractivity contribution in [2.45, 2.75) is 32.7 Å². The topological polar surface area (TPSA) is 75.0 Å². The highest BCUT2D eigenvalue weighted by Gasteiger charge is 2.20. The van der Waals surface area contributed by atoms with Crippen LogP contribution in [0.4, 0.5) is 5.82 Å². The van der Waals surface area contributed by atoms with E-state index >= 15 is 0 Å². The molecule has 0 amide bonds. The van der Waals surface area contributed by atoms with Gasteiger partial charge in [-0.1, -0.05) is 25.4 Å². The average Bonchev–Trinajstić information content (AvgIpc) is 2.33. The molecule has 5 nitrogen and oxygen atoms in total. The summed E-state index contributed by atoms with van der Waals surface area (Å²) < 4.78 is 0. The molecule has 0 fully saturated rings. The van der Waals surface area contributed by atoms with Crippen molar-refractivity contribution in [1.82, 2.24) is 9.97 Å². The van der Waals surface area contributed by atoms with Crippen molar-refractivity contribution in [3.05, 3.63) is 21.7 Å². The molecule has 1 heterocycles. The summed E-state index contributed by atoms with van der Waals surface area (Å²) in [5, 5.41) is 0.132. The third-order valence-electron chi connectivity index (χ3n) is 2.80. The molecule has 0 bridgehead atoms. The molecule has 0 aromatic carbocycles. The second-order valence-corrected chi connectivity index (χ2v) is 4.20. The Kier molecular flexibility index (Phi) is 5.44. The summed E-state index contributed by atoms with van der Waals surface area (Å²) in [7, 11) is 0. The van der Waals surface area contributed by atoms with Gasteiger partial charge in [0.05, 0.1) is 6.33 Å². The van der Waals surface area contributed by atoms with Crippen LogP contribution in [-0.2, 0) is 0 Å². The lowest BCUT2D eigenvalue weighted by molar-refractivity contribution is 0.553. The van der Waals surface area contributed by atoms with Gasteiger partial charge in [0.2, 0.25) is 0 Å². The second kappa shape index (κ2) is 6.61. The van der Waals surface area contributed by atoms with Crippen molar-refractivity contribution < 1.29 is 0 Å². The zero-order valence-corrected chi connectivity index (χ0v) is 11.0. The summed E-state index contributed by atoms with van der Waals surface area (Å²) in [5.41, 5.74) is 5.29. The second-order valence-electron chi connectivity index (χ2n) is 3.82. The van der Waals surface area contributed by atoms with Crippen LogP contribution < -0.4 is 16.2 Å². The van der Waals surface area contributed by atoms with Crippen LogP contribution in [0.5, 0.6) is 0 Å². The Balaban J connectivity index is 3.13. The van der Waals surface area contributed by atoms with Crippen molar-refractivity contribution in [2.75, 3.05) is 18.0 Å². The summed E-state index contributed by atoms with van der Waals surface area (Å²) >= 11 is 5.99. The minimum atomic E-state index is -0.315. The first-order valence-electron chi connectivity index (χ1n) is 5.85. The van der Waals surface area contributed by atoms with Crippen LogP contribution in [0.25, 0.3) is 0 Å². The Morgan fingerprint density at radius 3 is 2.71 bits per heavy atom. The number of anilines is 1. The molecule has 17 heavy (non-hydrogen) atoms. The minimum absolute atomic E-state index is 0.132. The first kappa shape index (κ1) is 14.0. The molecule has 0 saturated carbocycles. The quantitative estimate of drug-likeness (QED) is 0.808. The summed E-state index contributed by atoms with van der Waals surface area (Å²) in [6.07, 6.45) is 3.29. The van der Waals surface area contributed by atoms with Gasteiger partial charge in [-0.2, -0.15) is 0 Å². The zero-order chi connectivity index (χ0) is 12.8. The van der Waals surface area contributed by atoms with E-state index in [1.54, 1.807) is 0 Å². The third kappa shape index (κ3) is 3.20. The number of halogens is 1. The smallest absolute Gasteiger partial charge is 0.271 e. The summed E-state index contributed by atoms with van der Waals surface area (Å²) in [4.78, 5) is 20.1. The summed E-state index contributed by atoms with van der Waals surface area (Å²) in [6, 6.07) is 0.297. The first-order chi connectivity index (χ1) is 8.15. The lowest BCUT2D eigenvalue weighted by Crippen LogP contribution is -2.39. The number of nitrogens with two attached hydrogens (primary N) is 1. The number of nitrogens with one attached hydrogen (secondary N) is 1. The molecule has 0 aliphatic rings. The van der Waals surface area contributed by atoms with Gasteiger partial charge in [0.25, 0.3) is 5.56 Å². The minimum Gasteiger partial charge on any atom is -0.351 e. The van der Waals surface area contributed by atoms with Crippen molar-refractivity contribution >= 4 is 17.4 Å². The van der Waals surface area contributed by atoms with Gasteiger partial charge in [-0.05, 0) is 12.8 Å². The summed E-state index contributed by atoms with van der Waals surface area (Å²) in [6.45, 7) is 5.33. The SMILES string of the molecule is CCC(CC)N(CCN)c1nc[nH]c(=O)c1Cl. The van der Waals surface area contributed by atoms with Gasteiger partial charge in [0, 0.05) is 19.1 Å². The maximum Gasteiger partial charge on any atom is 0.271 e. The highest BCUT2D eigenvalue weighted by atomic mass is 35.5. The molecule has 6 heteroatoms. The number of hydrogen-bond acceptors (Lipinski definition) is 4. The number of aromatic nitrogens is 2. The van der Waals surface area contributed by atoms with E-state index in [0.717, 1.165) is 12.8 Å². The van der Waals surface area contributed by atoms with Crippen LogP contribution in [0.1, 0.15) is 26.7 Å². The van der Waals surface area contributed by atoms with E-state index in [1.807, 2.05) is 4.90 Å². The van der Waals surface area contributed by atoms with Gasteiger partial charge in [-0.25, -0.2) is 4.98 Å². The Hall–Kier alpha value is -1.07. The third-order valence-corrected chi connectivity index (χ3v) is 3.14. The van der Waals surface area contributed by atoms with E-state index in [0.29, 0.717) is 24.9 Å². The molecule has 1 rings (SSSR count). The van der Waals surface area contributed by atoms with Gasteiger partial charge in [-0.15, -0.1) is 0 Å². The molecule has 0 aliphatic heterocycles. The van der Waals surface area contributed by atoms with Crippen molar-refractivity contribution in [3.8, 4) is 0 Å². The van der Waals surface area contributed by atoms with Crippen LogP contribution in [0, 0.1) is 0 Å². The molecule has 0 saturated heterocycles. The van der Waals surface area contributed by atoms with E-state index in [1.165, 1.54) is 6.33 Å². The number of nitrogens with zero attached hydrogens (tertiary/aromatic N) is 2. The van der Waals surface area contributed by atoms with Gasteiger partial charge >= 0.3 is 0 Å². The number of H-pyrrole nitrogens is 1. The number of aromatic amines is 1. The molecule has 0 spiro atoms. The maximum atomic E-state index is 11.5. The van der Waals surface area contributed by atoms with Crippen molar-refractivity contribution in [1.29, 1.82) is 0 Å². The fourth-order valence-corrected chi connectivity index (χ4v) is 2.12. The van der Waals surface area contributed by atoms with Gasteiger partial charge in [0.1, 0.15) is 5.02 Å². The molecule has 0 aliphatic carbocycles. The largest absolute Gasteiger partial charge is 0.351 e. The molecular formula is C11H19ClN4O. The van der Waals surface area contributed by atoms with E-state index in [4.69, 9.17) is 17.3 Å². The van der Waals surface area contributed by atoms with Crippen LogP contribution >= 0.6 is 11.6 Å². The summed E-state index contributed by atoms with van der Waals surface area (Å²) in [5.74, 6) is 0.523. The van der Waals surface area contributed by atoms with E-state index in [-0.39, 0.29) is 10.6 Å². The molecule has 3 N–H and O–H groups in total. The fraction of sp³-hybridized carbons (Fsp3) is 0.636. The highest BCUT2D eigenvalue weighted by Crippen LogP contribution is 2.22. The maximum absolute atomic E-state index is 11.5. The zero-order valence-electron chi connectivity index (χ0n) is 10.2. The molecule has 0 radical (unpaired) electrons. The lowest BCUT2D eigenvalue weighted by atomic mass is 10.1. The lowest BCUT2D eigenvalue weighted by Gasteiger charge is -2.31. The number of rotatable bonds is 6. The molecular weight excluding hydrogens is 240 g/mol. The predicted octanol–water partition coefficient (Wildman–Crippen LogP) is 1.38. The van der Waals surface area contributed by atoms with Crippen LogP contribution in [0.3, 0.4) is 0 Å².